The van der Waals surface area contributed by atoms with Gasteiger partial charge in [0.05, 0.1) is 47.3 Å². The molecule has 0 radical (unpaired) electrons. The van der Waals surface area contributed by atoms with Crippen LogP contribution in [0, 0.1) is 27.7 Å². The van der Waals surface area contributed by atoms with E-state index in [-0.39, 0.29) is 17.6 Å². The van der Waals surface area contributed by atoms with Gasteiger partial charge in [0.1, 0.15) is 17.1 Å². The fourth-order valence-corrected chi connectivity index (χ4v) is 8.77. The van der Waals surface area contributed by atoms with Gasteiger partial charge < -0.3 is 33.5 Å². The van der Waals surface area contributed by atoms with Crippen LogP contribution in [-0.4, -0.2) is 81.2 Å². The minimum absolute atomic E-state index is 0.136. The average Bonchev–Trinajstić information content (AvgIpc) is 3.76. The highest BCUT2D eigenvalue weighted by molar-refractivity contribution is 6.35. The Bertz CT molecular complexity index is 2540. The van der Waals surface area contributed by atoms with Crippen molar-refractivity contribution in [2.45, 2.75) is 60.1 Å². The normalized spacial score (nSPS) is 14.4. The summed E-state index contributed by atoms with van der Waals surface area (Å²) in [5.41, 5.74) is 10.2. The summed E-state index contributed by atoms with van der Waals surface area (Å²) in [6.07, 6.45) is 1.20. The number of aromatic nitrogens is 4. The van der Waals surface area contributed by atoms with E-state index in [1.807, 2.05) is 94.8 Å². The molecule has 300 valence electrons. The van der Waals surface area contributed by atoms with Crippen LogP contribution in [0.2, 0.25) is 10.0 Å². The molecule has 3 aromatic carbocycles. The molecule has 0 aliphatic carbocycles. The van der Waals surface area contributed by atoms with Crippen LogP contribution in [0.1, 0.15) is 74.0 Å². The van der Waals surface area contributed by atoms with Gasteiger partial charge in [-0.05, 0) is 120 Å². The van der Waals surface area contributed by atoms with E-state index in [1.165, 1.54) is 0 Å². The van der Waals surface area contributed by atoms with Crippen molar-refractivity contribution >= 4 is 62.6 Å². The zero-order valence-corrected chi connectivity index (χ0v) is 35.6. The van der Waals surface area contributed by atoms with Crippen LogP contribution in [0.25, 0.3) is 32.9 Å². The number of carboxylic acid groups (broad SMARTS) is 1. The maximum Gasteiger partial charge on any atom is 0.352 e. The molecule has 1 amide bonds. The third-order valence-corrected chi connectivity index (χ3v) is 12.1. The summed E-state index contributed by atoms with van der Waals surface area (Å²) in [4.78, 5) is 31.6. The number of nitrogens with zero attached hydrogens (tertiary/aromatic N) is 6. The Hall–Kier alpha value is -4.81. The molecule has 1 aliphatic heterocycles. The lowest BCUT2D eigenvalue weighted by atomic mass is 9.98. The molecule has 1 unspecified atom stereocenters. The summed E-state index contributed by atoms with van der Waals surface area (Å²) in [6, 6.07) is 13.3. The number of aryl methyl sites for hydroxylation is 6. The van der Waals surface area contributed by atoms with Crippen LogP contribution in [0.3, 0.4) is 0 Å². The van der Waals surface area contributed by atoms with Gasteiger partial charge in [-0.15, -0.1) is 0 Å². The molecule has 57 heavy (non-hydrogen) atoms. The Labute approximate surface area is 343 Å². The van der Waals surface area contributed by atoms with Crippen LogP contribution in [-0.2, 0) is 31.9 Å². The number of rotatable bonds is 13. The van der Waals surface area contributed by atoms with Gasteiger partial charge in [0.25, 0.3) is 5.91 Å². The minimum Gasteiger partial charge on any atom is -0.494 e. The fourth-order valence-electron chi connectivity index (χ4n) is 8.41. The Balaban J connectivity index is 1.37. The Morgan fingerprint density at radius 2 is 1.70 bits per heavy atom. The van der Waals surface area contributed by atoms with Gasteiger partial charge in [0, 0.05) is 65.8 Å². The molecule has 13 heteroatoms. The van der Waals surface area contributed by atoms with E-state index >= 15 is 4.79 Å². The molecule has 1 atom stereocenters. The predicted molar refractivity (Wildman–Crippen MR) is 228 cm³/mol. The molecule has 4 heterocycles. The number of benzene rings is 3. The number of carbonyl (C=O) groups is 2. The number of fused-ring (bicyclic) bond motifs is 4. The van der Waals surface area contributed by atoms with Gasteiger partial charge in [0.2, 0.25) is 0 Å². The Kier molecular flexibility index (Phi) is 11.2. The lowest BCUT2D eigenvalue weighted by Gasteiger charge is -2.35. The summed E-state index contributed by atoms with van der Waals surface area (Å²) in [5, 5.41) is 17.9. The lowest BCUT2D eigenvalue weighted by Crippen LogP contribution is -2.43. The van der Waals surface area contributed by atoms with Crippen LogP contribution in [0.15, 0.2) is 42.5 Å². The maximum absolute atomic E-state index is 15.4. The summed E-state index contributed by atoms with van der Waals surface area (Å²) in [6.45, 7) is 12.4. The summed E-state index contributed by atoms with van der Waals surface area (Å²) >= 11 is 13.6. The predicted octanol–water partition coefficient (Wildman–Crippen LogP) is 9.08. The number of ether oxygens (including phenoxy) is 2. The molecule has 1 aliphatic rings. The van der Waals surface area contributed by atoms with E-state index in [0.717, 1.165) is 78.4 Å². The van der Waals surface area contributed by atoms with Crippen LogP contribution in [0.4, 0.5) is 5.69 Å². The SMILES string of the molecule is Cc1cc(OCCCc2c3n(c4c(-c5c(C)nn(C)c5C)c(Cl)ccc24)C(C)CN(c2cc(COCCN(C)C)cc4cc(C(=O)O)n(C)c24)C3=O)cc(C)c1Cl. The summed E-state index contributed by atoms with van der Waals surface area (Å²) in [7, 11) is 7.64. The zero-order chi connectivity index (χ0) is 41.0. The molecule has 7 rings (SSSR count). The van der Waals surface area contributed by atoms with E-state index in [1.54, 1.807) is 17.7 Å². The first kappa shape index (κ1) is 40.4. The topological polar surface area (TPSA) is 107 Å². The van der Waals surface area contributed by atoms with Gasteiger partial charge in [-0.1, -0.05) is 29.3 Å². The number of halogens is 2. The largest absolute Gasteiger partial charge is 0.494 e. The fraction of sp³-hybridized carbons (Fsp3) is 0.386. The molecule has 1 N–H and O–H groups in total. The lowest BCUT2D eigenvalue weighted by molar-refractivity contribution is 0.0687. The van der Waals surface area contributed by atoms with Crippen LogP contribution >= 0.6 is 23.2 Å². The highest BCUT2D eigenvalue weighted by Gasteiger charge is 2.38. The average molecular weight is 814 g/mol. The van der Waals surface area contributed by atoms with E-state index < -0.39 is 5.97 Å². The second kappa shape index (κ2) is 15.9. The third kappa shape index (κ3) is 7.31. The first-order valence-electron chi connectivity index (χ1n) is 19.2. The van der Waals surface area contributed by atoms with Crippen molar-refractivity contribution in [1.82, 2.24) is 23.8 Å². The number of likely N-dealkylation sites (N-methyl/N-ethyl adjacent to an activating group) is 1. The number of aromatic carboxylic acids is 1. The molecule has 0 spiro atoms. The number of carboxylic acids is 1. The van der Waals surface area contributed by atoms with Crippen molar-refractivity contribution in [3.8, 4) is 16.9 Å². The van der Waals surface area contributed by atoms with Crippen molar-refractivity contribution in [1.29, 1.82) is 0 Å². The van der Waals surface area contributed by atoms with Gasteiger partial charge in [-0.25, -0.2) is 4.79 Å². The molecular formula is C44H50Cl2N6O5. The molecular weight excluding hydrogens is 763 g/mol. The van der Waals surface area contributed by atoms with Crippen LogP contribution in [0.5, 0.6) is 5.75 Å². The maximum atomic E-state index is 15.4. The molecule has 0 fully saturated rings. The van der Waals surface area contributed by atoms with E-state index in [0.29, 0.717) is 61.1 Å². The number of hydrogen-bond donors (Lipinski definition) is 1. The first-order chi connectivity index (χ1) is 27.1. The molecule has 6 aromatic rings. The Morgan fingerprint density at radius 3 is 2.35 bits per heavy atom. The number of anilines is 1. The first-order valence-corrected chi connectivity index (χ1v) is 20.0. The van der Waals surface area contributed by atoms with Crippen molar-refractivity contribution in [2.75, 3.05) is 45.3 Å². The van der Waals surface area contributed by atoms with Crippen molar-refractivity contribution in [3.05, 3.63) is 97.5 Å². The number of carbonyl (C=O) groups excluding carboxylic acids is 1. The molecule has 3 aromatic heterocycles. The van der Waals surface area contributed by atoms with E-state index in [2.05, 4.69) is 16.4 Å². The standard InChI is InChI=1S/C44H50Cl2N6O5/c1-24-17-31(18-25(2)39(24)46)57-15-10-11-32-33-12-13-34(45)38(37-27(4)47-50(9)28(37)5)41(33)52-26(3)22-51(43(53)42(32)52)35-20-29(23-56-16-14-48(6)7)19-30-21-36(44(54)55)49(8)40(30)35/h12-13,17-21,26H,10-11,14-16,22-23H2,1-9H3,(H,54,55). The number of amides is 1. The second-order valence-electron chi connectivity index (χ2n) is 15.6. The van der Waals surface area contributed by atoms with Crippen molar-refractivity contribution in [3.63, 3.8) is 0 Å². The zero-order valence-electron chi connectivity index (χ0n) is 34.1. The van der Waals surface area contributed by atoms with Gasteiger partial charge in [-0.2, -0.15) is 5.10 Å². The third-order valence-electron chi connectivity index (χ3n) is 11.2. The summed E-state index contributed by atoms with van der Waals surface area (Å²) in [5.74, 6) is -0.458. The number of hydrogen-bond acceptors (Lipinski definition) is 6. The molecule has 0 bridgehead atoms. The van der Waals surface area contributed by atoms with Crippen molar-refractivity contribution in [2.24, 2.45) is 14.1 Å². The monoisotopic (exact) mass is 812 g/mol. The highest BCUT2D eigenvalue weighted by atomic mass is 35.5. The molecule has 11 nitrogen and oxygen atoms in total. The minimum atomic E-state index is -1.04. The second-order valence-corrected chi connectivity index (χ2v) is 16.4. The van der Waals surface area contributed by atoms with Gasteiger partial charge in [0.15, 0.2) is 0 Å². The van der Waals surface area contributed by atoms with E-state index in [9.17, 15) is 9.90 Å². The molecule has 0 saturated heterocycles. The molecule has 0 saturated carbocycles. The van der Waals surface area contributed by atoms with Gasteiger partial charge in [-0.3, -0.25) is 9.48 Å². The quantitative estimate of drug-likeness (QED) is 0.116. The smallest absolute Gasteiger partial charge is 0.352 e. The summed E-state index contributed by atoms with van der Waals surface area (Å²) < 4.78 is 18.0. The Morgan fingerprint density at radius 1 is 0.982 bits per heavy atom. The van der Waals surface area contributed by atoms with Crippen molar-refractivity contribution < 1.29 is 24.2 Å². The van der Waals surface area contributed by atoms with E-state index in [4.69, 9.17) is 37.8 Å². The van der Waals surface area contributed by atoms with Crippen LogP contribution < -0.4 is 9.64 Å². The van der Waals surface area contributed by atoms with Gasteiger partial charge >= 0.3 is 5.97 Å². The highest BCUT2D eigenvalue weighted by Crippen LogP contribution is 2.46.